The summed E-state index contributed by atoms with van der Waals surface area (Å²) in [6.45, 7) is 0.892. The summed E-state index contributed by atoms with van der Waals surface area (Å²) in [5, 5.41) is 51.2. The van der Waals surface area contributed by atoms with Crippen LogP contribution in [0.25, 0.3) is 21.7 Å². The Kier molecular flexibility index (Phi) is 3.57. The topological polar surface area (TPSA) is 157 Å². The lowest BCUT2D eigenvalue weighted by Crippen LogP contribution is -2.44. The summed E-state index contributed by atoms with van der Waals surface area (Å²) < 4.78 is 6.83. The van der Waals surface area contributed by atoms with E-state index in [0.717, 1.165) is 0 Å². The molecule has 0 aliphatic carbocycles. The van der Waals surface area contributed by atoms with E-state index in [1.54, 1.807) is 0 Å². The third kappa shape index (κ3) is 2.16. The molecular formula is C16H15N5O5. The van der Waals surface area contributed by atoms with Crippen LogP contribution < -0.4 is 5.56 Å². The predicted octanol–water partition coefficient (Wildman–Crippen LogP) is -0.854. The van der Waals surface area contributed by atoms with Crippen LogP contribution in [0.4, 0.5) is 0 Å². The molecule has 2 aromatic heterocycles. The average Bonchev–Trinajstić information content (AvgIpc) is 3.04. The first kappa shape index (κ1) is 16.6. The molecule has 10 nitrogen and oxygen atoms in total. The number of nitrogens with one attached hydrogen (secondary N) is 1. The normalized spacial score (nSPS) is 28.7. The minimum absolute atomic E-state index is 0.259. The first-order chi connectivity index (χ1) is 12.4. The van der Waals surface area contributed by atoms with Gasteiger partial charge in [0.05, 0.1) is 29.8 Å². The molecule has 4 atom stereocenters. The van der Waals surface area contributed by atoms with Crippen molar-refractivity contribution in [1.82, 2.24) is 20.0 Å². The Bertz CT molecular complexity index is 1110. The number of H-pyrrole nitrogens is 1. The van der Waals surface area contributed by atoms with E-state index in [-0.39, 0.29) is 10.9 Å². The standard InChI is InChI=1S/C16H15N5O5/c1-16(25)13(23)11(6-22)26-15(16)21-5-9-7(3-17)2-8-12(9)10(20-21)4-18-19-14(8)24/h2,4-5,11,13,15,22-23,25H,6H2,1H3,(H,19,24)/t11-,13-,15-,16-/m1/s1. The number of aliphatic hydroxyl groups is 3. The minimum atomic E-state index is -1.73. The van der Waals surface area contributed by atoms with Gasteiger partial charge >= 0.3 is 0 Å². The molecule has 0 radical (unpaired) electrons. The average molecular weight is 357 g/mol. The molecule has 1 aliphatic heterocycles. The van der Waals surface area contributed by atoms with Crippen LogP contribution in [0.3, 0.4) is 0 Å². The van der Waals surface area contributed by atoms with Crippen molar-refractivity contribution in [3.63, 3.8) is 0 Å². The molecule has 0 unspecified atom stereocenters. The second-order valence-corrected chi connectivity index (χ2v) is 6.45. The summed E-state index contributed by atoms with van der Waals surface area (Å²) in [7, 11) is 0. The van der Waals surface area contributed by atoms with Crippen molar-refractivity contribution >= 4 is 21.7 Å². The third-order valence-electron chi connectivity index (χ3n) is 4.75. The van der Waals surface area contributed by atoms with E-state index < -0.39 is 36.2 Å². The van der Waals surface area contributed by atoms with Gasteiger partial charge in [-0.15, -0.1) is 0 Å². The van der Waals surface area contributed by atoms with Gasteiger partial charge in [0, 0.05) is 17.0 Å². The fraction of sp³-hybridized carbons (Fsp3) is 0.375. The Morgan fingerprint density at radius 2 is 2.27 bits per heavy atom. The first-order valence-corrected chi connectivity index (χ1v) is 7.84. The van der Waals surface area contributed by atoms with Crippen LogP contribution >= 0.6 is 0 Å². The quantitative estimate of drug-likeness (QED) is 0.462. The molecule has 3 heterocycles. The lowest BCUT2D eigenvalue weighted by molar-refractivity contribution is -0.102. The zero-order valence-corrected chi connectivity index (χ0v) is 13.6. The number of nitriles is 1. The van der Waals surface area contributed by atoms with Gasteiger partial charge in [0.2, 0.25) is 0 Å². The summed E-state index contributed by atoms with van der Waals surface area (Å²) in [6, 6.07) is 3.48. The molecule has 26 heavy (non-hydrogen) atoms. The lowest BCUT2D eigenvalue weighted by Gasteiger charge is -2.27. The molecule has 134 valence electrons. The van der Waals surface area contributed by atoms with Gasteiger partial charge in [-0.25, -0.2) is 9.78 Å². The zero-order valence-electron chi connectivity index (χ0n) is 13.6. The summed E-state index contributed by atoms with van der Waals surface area (Å²) >= 11 is 0. The first-order valence-electron chi connectivity index (χ1n) is 7.84. The number of aliphatic hydroxyl groups excluding tert-OH is 2. The van der Waals surface area contributed by atoms with E-state index in [1.807, 2.05) is 6.07 Å². The van der Waals surface area contributed by atoms with Crippen molar-refractivity contribution in [2.24, 2.45) is 0 Å². The van der Waals surface area contributed by atoms with Gasteiger partial charge < -0.3 is 20.1 Å². The Morgan fingerprint density at radius 3 is 2.92 bits per heavy atom. The van der Waals surface area contributed by atoms with Crippen molar-refractivity contribution in [2.45, 2.75) is 31.0 Å². The summed E-state index contributed by atoms with van der Waals surface area (Å²) in [5.41, 5.74) is -1.62. The van der Waals surface area contributed by atoms with Crippen molar-refractivity contribution in [1.29, 1.82) is 5.26 Å². The molecule has 4 rings (SSSR count). The van der Waals surface area contributed by atoms with Crippen LogP contribution in [0.2, 0.25) is 0 Å². The zero-order chi connectivity index (χ0) is 18.6. The maximum atomic E-state index is 12.1. The smallest absolute Gasteiger partial charge is 0.272 e. The molecule has 0 amide bonds. The number of hydrogen-bond acceptors (Lipinski definition) is 8. The summed E-state index contributed by atoms with van der Waals surface area (Å²) in [4.78, 5) is 12.1. The fourth-order valence-corrected chi connectivity index (χ4v) is 3.39. The highest BCUT2D eigenvalue weighted by molar-refractivity contribution is 6.11. The number of hydrogen-bond donors (Lipinski definition) is 4. The number of rotatable bonds is 2. The van der Waals surface area contributed by atoms with Crippen molar-refractivity contribution < 1.29 is 20.1 Å². The van der Waals surface area contributed by atoms with Crippen LogP contribution in [0.15, 0.2) is 23.3 Å². The van der Waals surface area contributed by atoms with Crippen LogP contribution in [0.5, 0.6) is 0 Å². The van der Waals surface area contributed by atoms with Gasteiger partial charge in [0.25, 0.3) is 5.56 Å². The third-order valence-corrected chi connectivity index (χ3v) is 4.75. The van der Waals surface area contributed by atoms with E-state index in [1.165, 1.54) is 30.1 Å². The Labute approximate surface area is 145 Å². The highest BCUT2D eigenvalue weighted by Crippen LogP contribution is 2.39. The van der Waals surface area contributed by atoms with Gasteiger partial charge in [-0.05, 0) is 13.0 Å². The van der Waals surface area contributed by atoms with Crippen LogP contribution in [-0.4, -0.2) is 59.7 Å². The molecule has 0 bridgehead atoms. The number of ether oxygens (including phenoxy) is 1. The Morgan fingerprint density at radius 1 is 1.50 bits per heavy atom. The molecule has 1 saturated heterocycles. The molecule has 1 aliphatic rings. The molecule has 0 saturated carbocycles. The fourth-order valence-electron chi connectivity index (χ4n) is 3.39. The highest BCUT2D eigenvalue weighted by atomic mass is 16.6. The maximum absolute atomic E-state index is 12.1. The van der Waals surface area contributed by atoms with E-state index in [4.69, 9.17) is 4.74 Å². The van der Waals surface area contributed by atoms with E-state index in [9.17, 15) is 25.4 Å². The maximum Gasteiger partial charge on any atom is 0.272 e. The SMILES string of the molecule is C[C@@]1(O)[C@H](O)[C@@H](CO)O[C@H]1n1cc2c(C#N)cc3c(=O)[nH]ncc(n1)c23. The lowest BCUT2D eigenvalue weighted by atomic mass is 9.97. The predicted molar refractivity (Wildman–Crippen MR) is 88.0 cm³/mol. The van der Waals surface area contributed by atoms with Crippen LogP contribution in [0, 0.1) is 11.3 Å². The van der Waals surface area contributed by atoms with Gasteiger partial charge in [-0.1, -0.05) is 0 Å². The Balaban J connectivity index is 2.01. The van der Waals surface area contributed by atoms with Crippen molar-refractivity contribution in [3.8, 4) is 6.07 Å². The minimum Gasteiger partial charge on any atom is -0.394 e. The molecule has 10 heteroatoms. The summed E-state index contributed by atoms with van der Waals surface area (Å²) in [5.74, 6) is 0. The Hall–Kier alpha value is -2.84. The van der Waals surface area contributed by atoms with Crippen LogP contribution in [-0.2, 0) is 4.74 Å². The molecular weight excluding hydrogens is 342 g/mol. The second kappa shape index (κ2) is 5.58. The van der Waals surface area contributed by atoms with Gasteiger partial charge in [0.1, 0.15) is 23.3 Å². The monoisotopic (exact) mass is 357 g/mol. The molecule has 3 aromatic rings. The molecule has 1 fully saturated rings. The highest BCUT2D eigenvalue weighted by Gasteiger charge is 2.53. The number of aromatic amines is 1. The van der Waals surface area contributed by atoms with Crippen molar-refractivity contribution in [2.75, 3.05) is 6.61 Å². The van der Waals surface area contributed by atoms with Gasteiger partial charge in [-0.3, -0.25) is 4.79 Å². The van der Waals surface area contributed by atoms with E-state index >= 15 is 0 Å². The van der Waals surface area contributed by atoms with Gasteiger partial charge in [0.15, 0.2) is 6.23 Å². The molecule has 1 aromatic carbocycles. The van der Waals surface area contributed by atoms with Crippen LogP contribution in [0.1, 0.15) is 18.7 Å². The molecule has 4 N–H and O–H groups in total. The second-order valence-electron chi connectivity index (χ2n) is 6.45. The van der Waals surface area contributed by atoms with E-state index in [2.05, 4.69) is 15.3 Å². The largest absolute Gasteiger partial charge is 0.394 e. The van der Waals surface area contributed by atoms with Crippen molar-refractivity contribution in [3.05, 3.63) is 34.4 Å². The number of nitrogens with zero attached hydrogens (tertiary/aromatic N) is 4. The summed E-state index contributed by atoms with van der Waals surface area (Å²) in [6.07, 6.45) is -0.622. The van der Waals surface area contributed by atoms with E-state index in [0.29, 0.717) is 16.3 Å². The van der Waals surface area contributed by atoms with Gasteiger partial charge in [-0.2, -0.15) is 15.5 Å². The molecule has 0 spiro atoms. The number of aromatic nitrogens is 4.